The number of nitrogens with one attached hydrogen (secondary N) is 1. The van der Waals surface area contributed by atoms with Crippen LogP contribution in [-0.2, 0) is 26.2 Å². The number of sulfonamides is 1. The van der Waals surface area contributed by atoms with E-state index in [1.54, 1.807) is 41.9 Å². The van der Waals surface area contributed by atoms with Gasteiger partial charge in [0.25, 0.3) is 0 Å². The summed E-state index contributed by atoms with van der Waals surface area (Å²) in [7, 11) is -0.832. The summed E-state index contributed by atoms with van der Waals surface area (Å²) in [5.74, 6) is -2.29. The highest BCUT2D eigenvalue weighted by atomic mass is 32.2. The smallest absolute Gasteiger partial charge is 0.490 e. The van der Waals surface area contributed by atoms with E-state index in [-0.39, 0.29) is 10.8 Å². The largest absolute Gasteiger partial charge is 0.497 e. The number of likely N-dealkylation sites (tertiary alicyclic amines) is 1. The van der Waals surface area contributed by atoms with Crippen molar-refractivity contribution in [3.05, 3.63) is 71.8 Å². The molecule has 220 valence electrons. The normalized spacial score (nSPS) is 15.7. The van der Waals surface area contributed by atoms with Crippen molar-refractivity contribution < 1.29 is 46.2 Å². The highest BCUT2D eigenvalue weighted by Gasteiger charge is 2.40. The van der Waals surface area contributed by atoms with E-state index in [9.17, 15) is 26.4 Å². The Labute approximate surface area is 233 Å². The van der Waals surface area contributed by atoms with Crippen LogP contribution in [0.15, 0.2) is 70.7 Å². The van der Waals surface area contributed by atoms with Crippen molar-refractivity contribution in [2.24, 2.45) is 5.10 Å². The third-order valence-corrected chi connectivity index (χ3v) is 8.10. The molecule has 0 spiro atoms. The molecule has 3 N–H and O–H groups in total. The zero-order chi connectivity index (χ0) is 30.4. The number of methoxy groups -OCH3 is 1. The standard InChI is InChI=1S/C24H26N4O5S.C2HF3O2/c1-27(34(31,32)22-9-7-19-13-21(33-2)8-6-20(19)14-22)23-10-11-28(24(23)29)16-18-5-3-4-17(12-18)15-25-26-30;3-2(4,5)1(6)7/h3-9,12-15,23,26,30H,10-11,16H2,1-2H3;(H,6,7)/t23-;/m0./s1. The number of ether oxygens (including phenoxy) is 1. The number of alkyl halides is 3. The summed E-state index contributed by atoms with van der Waals surface area (Å²) in [5, 5.41) is 20.9. The predicted molar refractivity (Wildman–Crippen MR) is 142 cm³/mol. The molecule has 1 heterocycles. The number of halogens is 3. The second-order valence-corrected chi connectivity index (χ2v) is 10.9. The molecular weight excluding hydrogens is 569 g/mol. The Morgan fingerprint density at radius 1 is 1.17 bits per heavy atom. The van der Waals surface area contributed by atoms with E-state index in [2.05, 4.69) is 5.10 Å². The number of fused-ring (bicyclic) bond motifs is 1. The van der Waals surface area contributed by atoms with Gasteiger partial charge in [-0.1, -0.05) is 30.3 Å². The fraction of sp³-hybridized carbons (Fsp3) is 0.269. The predicted octanol–water partition coefficient (Wildman–Crippen LogP) is 3.22. The van der Waals surface area contributed by atoms with E-state index < -0.39 is 28.2 Å². The SMILES string of the molecule is COc1ccc2cc(S(=O)(=O)N(C)[C@H]3CCN(Cc4cccc(C=NNO)c4)C3=O)ccc2c1.O=C(O)C(F)(F)F. The minimum atomic E-state index is -5.08. The minimum Gasteiger partial charge on any atom is -0.497 e. The van der Waals surface area contributed by atoms with Gasteiger partial charge in [0.05, 0.1) is 18.2 Å². The number of benzene rings is 3. The van der Waals surface area contributed by atoms with Gasteiger partial charge in [-0.05, 0) is 58.7 Å². The number of hydrogen-bond acceptors (Lipinski definition) is 8. The van der Waals surface area contributed by atoms with Crippen LogP contribution >= 0.6 is 0 Å². The van der Waals surface area contributed by atoms with Crippen molar-refractivity contribution in [2.45, 2.75) is 30.1 Å². The van der Waals surface area contributed by atoms with Crippen molar-refractivity contribution in [3.8, 4) is 5.75 Å². The fourth-order valence-corrected chi connectivity index (χ4v) is 5.51. The summed E-state index contributed by atoms with van der Waals surface area (Å²) in [6.07, 6.45) is -3.22. The van der Waals surface area contributed by atoms with Gasteiger partial charge in [0, 0.05) is 20.1 Å². The van der Waals surface area contributed by atoms with E-state index in [1.165, 1.54) is 17.6 Å². The summed E-state index contributed by atoms with van der Waals surface area (Å²) >= 11 is 0. The van der Waals surface area contributed by atoms with Gasteiger partial charge in [0.15, 0.2) is 0 Å². The Morgan fingerprint density at radius 2 is 1.83 bits per heavy atom. The van der Waals surface area contributed by atoms with Crippen LogP contribution in [0.25, 0.3) is 10.8 Å². The van der Waals surface area contributed by atoms with E-state index in [1.807, 2.05) is 36.4 Å². The van der Waals surface area contributed by atoms with Gasteiger partial charge in [-0.2, -0.15) is 28.2 Å². The third kappa shape index (κ3) is 7.71. The average molecular weight is 597 g/mol. The summed E-state index contributed by atoms with van der Waals surface area (Å²) in [6.45, 7) is 0.812. The molecule has 0 aliphatic carbocycles. The lowest BCUT2D eigenvalue weighted by Crippen LogP contribution is -2.42. The highest BCUT2D eigenvalue weighted by molar-refractivity contribution is 7.89. The molecule has 15 heteroatoms. The van der Waals surface area contributed by atoms with Crippen LogP contribution in [0, 0.1) is 0 Å². The molecule has 1 atom stereocenters. The molecule has 0 saturated carbocycles. The Hall–Kier alpha value is -4.21. The molecule has 0 bridgehead atoms. The van der Waals surface area contributed by atoms with Gasteiger partial charge in [-0.15, -0.1) is 0 Å². The molecule has 3 aromatic rings. The number of likely N-dealkylation sites (N-methyl/N-ethyl adjacent to an activating group) is 1. The fourth-order valence-electron chi connectivity index (χ4n) is 4.14. The van der Waals surface area contributed by atoms with Gasteiger partial charge >= 0.3 is 12.1 Å². The van der Waals surface area contributed by atoms with Crippen LogP contribution < -0.4 is 10.3 Å². The van der Waals surface area contributed by atoms with Gasteiger partial charge in [-0.3, -0.25) is 10.0 Å². The first-order valence-electron chi connectivity index (χ1n) is 11.9. The lowest BCUT2D eigenvalue weighted by atomic mass is 10.1. The maximum atomic E-state index is 13.3. The Kier molecular flexibility index (Phi) is 9.91. The number of carbonyl (C=O) groups excluding carboxylic acids is 1. The zero-order valence-corrected chi connectivity index (χ0v) is 22.7. The van der Waals surface area contributed by atoms with Crippen molar-refractivity contribution in [3.63, 3.8) is 0 Å². The molecule has 4 rings (SSSR count). The molecule has 11 nitrogen and oxygen atoms in total. The van der Waals surface area contributed by atoms with E-state index in [0.29, 0.717) is 25.3 Å². The lowest BCUT2D eigenvalue weighted by Gasteiger charge is -2.24. The first kappa shape index (κ1) is 31.3. The van der Waals surface area contributed by atoms with Crippen LogP contribution in [-0.4, -0.2) is 78.9 Å². The number of aliphatic carboxylic acids is 1. The summed E-state index contributed by atoms with van der Waals surface area (Å²) in [6, 6.07) is 17.0. The van der Waals surface area contributed by atoms with E-state index >= 15 is 0 Å². The van der Waals surface area contributed by atoms with Crippen molar-refractivity contribution >= 4 is 38.9 Å². The second kappa shape index (κ2) is 13.0. The quantitative estimate of drug-likeness (QED) is 0.265. The molecule has 1 amide bonds. The maximum Gasteiger partial charge on any atom is 0.490 e. The third-order valence-electron chi connectivity index (χ3n) is 6.24. The first-order chi connectivity index (χ1) is 19.3. The van der Waals surface area contributed by atoms with Gasteiger partial charge < -0.3 is 14.7 Å². The van der Waals surface area contributed by atoms with Crippen LogP contribution in [0.3, 0.4) is 0 Å². The number of rotatable bonds is 8. The van der Waals surface area contributed by atoms with E-state index in [0.717, 1.165) is 21.9 Å². The number of hydrazone groups is 1. The molecule has 3 aromatic carbocycles. The average Bonchev–Trinajstić information content (AvgIpc) is 3.30. The van der Waals surface area contributed by atoms with Gasteiger partial charge in [0.2, 0.25) is 15.9 Å². The number of carboxylic acid groups (broad SMARTS) is 1. The highest BCUT2D eigenvalue weighted by Crippen LogP contribution is 2.28. The number of carboxylic acids is 1. The molecule has 1 aliphatic rings. The summed E-state index contributed by atoms with van der Waals surface area (Å²) in [5.41, 5.74) is 3.35. The Balaban J connectivity index is 0.000000587. The van der Waals surface area contributed by atoms with Crippen LogP contribution in [0.4, 0.5) is 13.2 Å². The molecule has 0 aromatic heterocycles. The molecule has 0 radical (unpaired) electrons. The van der Waals surface area contributed by atoms with Gasteiger partial charge in [-0.25, -0.2) is 13.2 Å². The monoisotopic (exact) mass is 596 g/mol. The molecule has 1 fully saturated rings. The number of amides is 1. The zero-order valence-electron chi connectivity index (χ0n) is 21.9. The molecule has 1 aliphatic heterocycles. The molecule has 1 saturated heterocycles. The van der Waals surface area contributed by atoms with Crippen LogP contribution in [0.1, 0.15) is 17.5 Å². The van der Waals surface area contributed by atoms with Crippen molar-refractivity contribution in [1.82, 2.24) is 14.8 Å². The molecule has 0 unspecified atom stereocenters. The Morgan fingerprint density at radius 3 is 2.46 bits per heavy atom. The topological polar surface area (TPSA) is 149 Å². The maximum absolute atomic E-state index is 13.3. The van der Waals surface area contributed by atoms with Crippen LogP contribution in [0.2, 0.25) is 0 Å². The second-order valence-electron chi connectivity index (χ2n) is 8.87. The van der Waals surface area contributed by atoms with Crippen molar-refractivity contribution in [1.29, 1.82) is 0 Å². The number of nitrogens with zero attached hydrogens (tertiary/aromatic N) is 3. The lowest BCUT2D eigenvalue weighted by molar-refractivity contribution is -0.192. The van der Waals surface area contributed by atoms with Gasteiger partial charge in [0.1, 0.15) is 11.8 Å². The molecular formula is C26H27F3N4O7S. The van der Waals surface area contributed by atoms with Crippen LogP contribution in [0.5, 0.6) is 5.75 Å². The summed E-state index contributed by atoms with van der Waals surface area (Å²) in [4.78, 5) is 23.8. The molecule has 41 heavy (non-hydrogen) atoms. The summed E-state index contributed by atoms with van der Waals surface area (Å²) < 4.78 is 64.8. The minimum absolute atomic E-state index is 0.142. The first-order valence-corrected chi connectivity index (χ1v) is 13.4. The van der Waals surface area contributed by atoms with E-state index in [4.69, 9.17) is 19.8 Å². The number of carbonyl (C=O) groups is 2. The Bertz CT molecular complexity index is 1550. The van der Waals surface area contributed by atoms with Crippen molar-refractivity contribution in [2.75, 3.05) is 20.7 Å². The number of hydrogen-bond donors (Lipinski definition) is 3.